The first-order valence-corrected chi connectivity index (χ1v) is 10.5. The normalized spacial score (nSPS) is 11.1. The van der Waals surface area contributed by atoms with E-state index in [1.807, 2.05) is 7.05 Å². The molecular formula is C8H10Cl4N4O5S2. The molecule has 0 fully saturated rings. The molecule has 0 radical (unpaired) electrons. The van der Waals surface area contributed by atoms with Crippen LogP contribution in [0, 0.1) is 0 Å². The Balaban J connectivity index is 0.000000347. The van der Waals surface area contributed by atoms with Gasteiger partial charge in [-0.25, -0.2) is 8.42 Å². The van der Waals surface area contributed by atoms with Crippen molar-refractivity contribution in [3.05, 3.63) is 28.8 Å². The number of halogens is 4. The quantitative estimate of drug-likeness (QED) is 0.524. The van der Waals surface area contributed by atoms with Gasteiger partial charge in [0.05, 0.1) is 0 Å². The minimum Gasteiger partial charge on any atom is -0.274 e. The number of aromatic nitrogens is 4. The summed E-state index contributed by atoms with van der Waals surface area (Å²) in [6, 6.07) is 1.74. The minimum absolute atomic E-state index is 0.109. The molecule has 0 amide bonds. The smallest absolute Gasteiger partial charge is 0.274 e. The molecule has 0 atom stereocenters. The molecule has 2 aromatic rings. The number of rotatable bonds is 1. The van der Waals surface area contributed by atoms with E-state index in [-0.39, 0.29) is 10.0 Å². The molecule has 0 saturated heterocycles. The van der Waals surface area contributed by atoms with Crippen molar-refractivity contribution in [2.75, 3.05) is 0 Å². The summed E-state index contributed by atoms with van der Waals surface area (Å²) in [5.74, 6) is 0. The maximum atomic E-state index is 10.7. The third kappa shape index (κ3) is 11.6. The molecule has 23 heavy (non-hydrogen) atoms. The molecule has 2 aromatic heterocycles. The van der Waals surface area contributed by atoms with E-state index < -0.39 is 18.4 Å². The molecule has 2 rings (SSSR count). The average Bonchev–Trinajstić information content (AvgIpc) is 2.82. The number of hydrogen-bond donors (Lipinski definition) is 1. The zero-order valence-electron chi connectivity index (χ0n) is 11.4. The zero-order valence-corrected chi connectivity index (χ0v) is 16.1. The van der Waals surface area contributed by atoms with Crippen LogP contribution in [0.25, 0.3) is 0 Å². The molecule has 0 aliphatic heterocycles. The Kier molecular flexibility index (Phi) is 8.84. The largest absolute Gasteiger partial charge is 0.353 e. The Morgan fingerprint density at radius 2 is 1.52 bits per heavy atom. The number of hydrogen-bond acceptors (Lipinski definition) is 6. The third-order valence-electron chi connectivity index (χ3n) is 1.70. The lowest BCUT2D eigenvalue weighted by atomic mass is 10.7. The summed E-state index contributed by atoms with van der Waals surface area (Å²) in [7, 11) is 4.50. The summed E-state index contributed by atoms with van der Waals surface area (Å²) in [4.78, 5) is -0.164. The highest BCUT2D eigenvalue weighted by molar-refractivity contribution is 8.13. The Morgan fingerprint density at radius 3 is 1.65 bits per heavy atom. The molecule has 1 N–H and O–H groups in total. The Morgan fingerprint density at radius 1 is 1.04 bits per heavy atom. The first-order valence-electron chi connectivity index (χ1n) is 5.16. The summed E-state index contributed by atoms with van der Waals surface area (Å²) in [5.41, 5.74) is 0. The molecule has 0 aliphatic rings. The highest BCUT2D eigenvalue weighted by Gasteiger charge is 2.17. The van der Waals surface area contributed by atoms with Crippen LogP contribution in [0.2, 0.25) is 10.3 Å². The standard InChI is InChI=1S/C4H4Cl2N2O2S.C4H5ClN2.ClHO3S/c1-8-2-3(4(5)7-8)11(6,9)10;1-7-3-2-4(5)6-7;1-5(2,3)4/h2H,1H3;2-3H,1H3;(H,2,3,4). The van der Waals surface area contributed by atoms with Gasteiger partial charge in [0.2, 0.25) is 0 Å². The van der Waals surface area contributed by atoms with Crippen LogP contribution in [0.5, 0.6) is 0 Å². The summed E-state index contributed by atoms with van der Waals surface area (Å²) >= 11 is 10.9. The van der Waals surface area contributed by atoms with Gasteiger partial charge in [0, 0.05) is 47.9 Å². The topological polar surface area (TPSA) is 124 Å². The van der Waals surface area contributed by atoms with Crippen molar-refractivity contribution >= 4 is 62.9 Å². The van der Waals surface area contributed by atoms with Crippen molar-refractivity contribution in [1.82, 2.24) is 19.6 Å². The van der Waals surface area contributed by atoms with Crippen LogP contribution < -0.4 is 0 Å². The van der Waals surface area contributed by atoms with Gasteiger partial charge >= 0.3 is 9.33 Å². The van der Waals surface area contributed by atoms with Crippen LogP contribution in [0.15, 0.2) is 23.4 Å². The molecule has 0 unspecified atom stereocenters. The molecule has 132 valence electrons. The SMILES string of the molecule is Cn1cc(S(=O)(=O)Cl)c(Cl)n1.Cn1ccc(Cl)n1.O=S(=O)(O)Cl. The van der Waals surface area contributed by atoms with Gasteiger partial charge in [0.15, 0.2) is 10.3 Å². The number of nitrogens with zero attached hydrogens (tertiary/aromatic N) is 4. The average molecular weight is 448 g/mol. The minimum atomic E-state index is -4.19. The van der Waals surface area contributed by atoms with Crippen molar-refractivity contribution in [2.24, 2.45) is 14.1 Å². The van der Waals surface area contributed by atoms with E-state index in [9.17, 15) is 8.42 Å². The van der Waals surface area contributed by atoms with Gasteiger partial charge in [-0.05, 0) is 6.07 Å². The van der Waals surface area contributed by atoms with Crippen LogP contribution in [0.3, 0.4) is 0 Å². The van der Waals surface area contributed by atoms with Crippen LogP contribution >= 0.6 is 44.6 Å². The predicted octanol–water partition coefficient (Wildman–Crippen LogP) is 2.10. The van der Waals surface area contributed by atoms with E-state index in [1.165, 1.54) is 10.9 Å². The predicted molar refractivity (Wildman–Crippen MR) is 86.9 cm³/mol. The van der Waals surface area contributed by atoms with Gasteiger partial charge in [-0.3, -0.25) is 13.9 Å². The Hall–Kier alpha value is -0.560. The van der Waals surface area contributed by atoms with Crippen molar-refractivity contribution in [3.8, 4) is 0 Å². The maximum Gasteiger partial charge on any atom is 0.353 e. The molecule has 0 aliphatic carbocycles. The van der Waals surface area contributed by atoms with Crippen molar-refractivity contribution in [1.29, 1.82) is 0 Å². The second-order valence-corrected chi connectivity index (χ2v) is 8.89. The van der Waals surface area contributed by atoms with Crippen LogP contribution in [0.1, 0.15) is 0 Å². The van der Waals surface area contributed by atoms with E-state index in [0.29, 0.717) is 5.15 Å². The fourth-order valence-electron chi connectivity index (χ4n) is 0.990. The lowest BCUT2D eigenvalue weighted by molar-refractivity contribution is 0.501. The lowest BCUT2D eigenvalue weighted by Gasteiger charge is -1.86. The van der Waals surface area contributed by atoms with Gasteiger partial charge < -0.3 is 0 Å². The van der Waals surface area contributed by atoms with E-state index in [2.05, 4.69) is 20.9 Å². The molecule has 0 saturated carbocycles. The second kappa shape index (κ2) is 9.06. The Bertz CT molecular complexity index is 821. The van der Waals surface area contributed by atoms with E-state index in [1.54, 1.807) is 24.0 Å². The van der Waals surface area contributed by atoms with E-state index >= 15 is 0 Å². The molecule has 15 heteroatoms. The van der Waals surface area contributed by atoms with Crippen molar-refractivity contribution in [2.45, 2.75) is 4.90 Å². The first kappa shape index (κ1) is 22.4. The molecule has 2 heterocycles. The number of aryl methyl sites for hydroxylation is 2. The van der Waals surface area contributed by atoms with Crippen LogP contribution in [-0.4, -0.2) is 40.9 Å². The fourth-order valence-corrected chi connectivity index (χ4v) is 2.62. The highest BCUT2D eigenvalue weighted by Crippen LogP contribution is 2.22. The van der Waals surface area contributed by atoms with Gasteiger partial charge in [0.25, 0.3) is 9.05 Å². The van der Waals surface area contributed by atoms with E-state index in [4.69, 9.17) is 46.9 Å². The summed E-state index contributed by atoms with van der Waals surface area (Å²) in [6.45, 7) is 0. The van der Waals surface area contributed by atoms with Gasteiger partial charge in [0.1, 0.15) is 4.90 Å². The molecule has 0 aromatic carbocycles. The third-order valence-corrected chi connectivity index (χ3v) is 3.61. The Labute approximate surface area is 151 Å². The van der Waals surface area contributed by atoms with Crippen LogP contribution in [0.4, 0.5) is 0 Å². The monoisotopic (exact) mass is 446 g/mol. The van der Waals surface area contributed by atoms with Gasteiger partial charge in [-0.2, -0.15) is 18.6 Å². The highest BCUT2D eigenvalue weighted by atomic mass is 35.7. The maximum absolute atomic E-state index is 10.7. The van der Waals surface area contributed by atoms with Crippen molar-refractivity contribution in [3.63, 3.8) is 0 Å². The van der Waals surface area contributed by atoms with Gasteiger partial charge in [-0.15, -0.1) is 0 Å². The summed E-state index contributed by atoms with van der Waals surface area (Å²) < 4.78 is 49.5. The zero-order chi connectivity index (χ0) is 18.4. The van der Waals surface area contributed by atoms with Gasteiger partial charge in [-0.1, -0.05) is 23.2 Å². The molecule has 0 spiro atoms. The van der Waals surface area contributed by atoms with Crippen LogP contribution in [-0.2, 0) is 32.5 Å². The van der Waals surface area contributed by atoms with Crippen molar-refractivity contribution < 1.29 is 21.4 Å². The summed E-state index contributed by atoms with van der Waals surface area (Å²) in [6.07, 6.45) is 3.03. The second-order valence-electron chi connectivity index (χ2n) is 3.62. The summed E-state index contributed by atoms with van der Waals surface area (Å²) in [5, 5.41) is 7.82. The molecule has 0 bridgehead atoms. The first-order chi connectivity index (χ1) is 10.2. The molecule has 9 nitrogen and oxygen atoms in total. The van der Waals surface area contributed by atoms with E-state index in [0.717, 1.165) is 0 Å². The molecular weight excluding hydrogens is 438 g/mol. The fraction of sp³-hybridized carbons (Fsp3) is 0.250. The lowest BCUT2D eigenvalue weighted by Crippen LogP contribution is -1.88.